The number of aliphatic hydroxyl groups is 1. The SMILES string of the molecule is CC(O)C(Cc1ccccc1)N(NC(c1ccccc1)C(C)(F)F)C(=O)O. The zero-order chi connectivity index (χ0) is 20.0. The number of nitrogens with zero attached hydrogens (tertiary/aromatic N) is 1. The zero-order valence-electron chi connectivity index (χ0n) is 15.2. The Balaban J connectivity index is 2.33. The molecule has 0 aliphatic rings. The van der Waals surface area contributed by atoms with E-state index in [0.717, 1.165) is 12.5 Å². The van der Waals surface area contributed by atoms with Crippen molar-refractivity contribution in [3.63, 3.8) is 0 Å². The van der Waals surface area contributed by atoms with E-state index in [-0.39, 0.29) is 12.0 Å². The van der Waals surface area contributed by atoms with Gasteiger partial charge in [-0.05, 0) is 24.5 Å². The van der Waals surface area contributed by atoms with Crippen LogP contribution < -0.4 is 5.43 Å². The summed E-state index contributed by atoms with van der Waals surface area (Å²) in [5.41, 5.74) is 3.47. The number of nitrogens with one attached hydrogen (secondary N) is 1. The Labute approximate surface area is 157 Å². The molecular formula is C20H24F2N2O3. The first kappa shape index (κ1) is 20.8. The lowest BCUT2D eigenvalue weighted by Crippen LogP contribution is -2.57. The fraction of sp³-hybridized carbons (Fsp3) is 0.350. The maximum absolute atomic E-state index is 14.2. The lowest BCUT2D eigenvalue weighted by molar-refractivity contribution is -0.0601. The minimum atomic E-state index is -3.23. The summed E-state index contributed by atoms with van der Waals surface area (Å²) in [6, 6.07) is 14.4. The molecule has 0 saturated heterocycles. The number of aliphatic hydroxyl groups excluding tert-OH is 1. The van der Waals surface area contributed by atoms with Crippen molar-refractivity contribution in [1.82, 2.24) is 10.4 Å². The molecule has 27 heavy (non-hydrogen) atoms. The van der Waals surface area contributed by atoms with Crippen LogP contribution in [0.3, 0.4) is 0 Å². The molecule has 0 aromatic heterocycles. The summed E-state index contributed by atoms with van der Waals surface area (Å²) in [5, 5.41) is 20.5. The lowest BCUT2D eigenvalue weighted by atomic mass is 10.0. The molecule has 2 aromatic rings. The van der Waals surface area contributed by atoms with E-state index in [4.69, 9.17) is 0 Å². The van der Waals surface area contributed by atoms with Crippen LogP contribution in [-0.2, 0) is 6.42 Å². The van der Waals surface area contributed by atoms with Crippen molar-refractivity contribution in [3.05, 3.63) is 71.8 Å². The molecule has 0 saturated carbocycles. The van der Waals surface area contributed by atoms with Gasteiger partial charge in [-0.1, -0.05) is 60.7 Å². The number of amides is 1. The molecule has 0 fully saturated rings. The monoisotopic (exact) mass is 378 g/mol. The molecule has 3 N–H and O–H groups in total. The van der Waals surface area contributed by atoms with E-state index in [1.54, 1.807) is 42.5 Å². The van der Waals surface area contributed by atoms with Gasteiger partial charge in [0.05, 0.1) is 12.1 Å². The number of alkyl halides is 2. The summed E-state index contributed by atoms with van der Waals surface area (Å²) >= 11 is 0. The average Bonchev–Trinajstić information content (AvgIpc) is 2.61. The smallest absolute Gasteiger partial charge is 0.422 e. The maximum Gasteiger partial charge on any atom is 0.422 e. The van der Waals surface area contributed by atoms with Crippen molar-refractivity contribution in [2.45, 2.75) is 44.4 Å². The number of hydrogen-bond acceptors (Lipinski definition) is 3. The van der Waals surface area contributed by atoms with E-state index in [9.17, 15) is 23.8 Å². The molecule has 0 heterocycles. The van der Waals surface area contributed by atoms with E-state index in [0.29, 0.717) is 5.01 Å². The summed E-state index contributed by atoms with van der Waals surface area (Å²) in [5.74, 6) is -3.23. The fourth-order valence-electron chi connectivity index (χ4n) is 2.89. The highest BCUT2D eigenvalue weighted by molar-refractivity contribution is 5.65. The highest BCUT2D eigenvalue weighted by Gasteiger charge is 2.40. The number of halogens is 2. The van der Waals surface area contributed by atoms with E-state index >= 15 is 0 Å². The third kappa shape index (κ3) is 5.74. The topological polar surface area (TPSA) is 72.8 Å². The molecule has 0 aliphatic carbocycles. The molecule has 3 atom stereocenters. The second-order valence-corrected chi connectivity index (χ2v) is 6.58. The van der Waals surface area contributed by atoms with E-state index in [1.807, 2.05) is 6.07 Å². The van der Waals surface area contributed by atoms with Crippen LogP contribution in [0.5, 0.6) is 0 Å². The van der Waals surface area contributed by atoms with Gasteiger partial charge in [-0.3, -0.25) is 0 Å². The van der Waals surface area contributed by atoms with Crippen LogP contribution in [-0.4, -0.2) is 39.4 Å². The van der Waals surface area contributed by atoms with Crippen molar-refractivity contribution in [2.75, 3.05) is 0 Å². The molecule has 2 aromatic carbocycles. The van der Waals surface area contributed by atoms with Gasteiger partial charge in [0.25, 0.3) is 5.92 Å². The first-order valence-corrected chi connectivity index (χ1v) is 8.63. The van der Waals surface area contributed by atoms with Gasteiger partial charge in [0.1, 0.15) is 6.04 Å². The van der Waals surface area contributed by atoms with Gasteiger partial charge in [-0.25, -0.2) is 24.0 Å². The zero-order valence-corrected chi connectivity index (χ0v) is 15.2. The Morgan fingerprint density at radius 3 is 2.07 bits per heavy atom. The summed E-state index contributed by atoms with van der Waals surface area (Å²) in [4.78, 5) is 11.8. The summed E-state index contributed by atoms with van der Waals surface area (Å²) in [6.45, 7) is 2.17. The summed E-state index contributed by atoms with van der Waals surface area (Å²) < 4.78 is 28.5. The Morgan fingerprint density at radius 2 is 1.63 bits per heavy atom. The van der Waals surface area contributed by atoms with Crippen LogP contribution in [0.2, 0.25) is 0 Å². The van der Waals surface area contributed by atoms with Gasteiger partial charge in [0.2, 0.25) is 0 Å². The third-order valence-electron chi connectivity index (χ3n) is 4.29. The maximum atomic E-state index is 14.2. The molecule has 0 bridgehead atoms. The molecule has 0 spiro atoms. The van der Waals surface area contributed by atoms with Crippen LogP contribution in [0.25, 0.3) is 0 Å². The van der Waals surface area contributed by atoms with Crippen LogP contribution in [0.1, 0.15) is 31.0 Å². The summed E-state index contributed by atoms with van der Waals surface area (Å²) in [7, 11) is 0. The van der Waals surface area contributed by atoms with E-state index in [2.05, 4.69) is 5.43 Å². The minimum absolute atomic E-state index is 0.175. The van der Waals surface area contributed by atoms with Gasteiger partial charge < -0.3 is 10.2 Å². The minimum Gasteiger partial charge on any atom is -0.464 e. The van der Waals surface area contributed by atoms with Crippen molar-refractivity contribution < 1.29 is 23.8 Å². The van der Waals surface area contributed by atoms with Gasteiger partial charge in [0.15, 0.2) is 0 Å². The number of rotatable bonds is 8. The third-order valence-corrected chi connectivity index (χ3v) is 4.29. The van der Waals surface area contributed by atoms with Crippen molar-refractivity contribution in [3.8, 4) is 0 Å². The standard InChI is InChI=1S/C20H24F2N2O3/c1-14(25)17(13-15-9-5-3-6-10-15)24(19(26)27)23-18(20(2,21)22)16-11-7-4-8-12-16/h3-12,14,17-18,23,25H,13H2,1-2H3,(H,26,27). The quantitative estimate of drug-likeness (QED) is 0.610. The predicted molar refractivity (Wildman–Crippen MR) is 98.4 cm³/mol. The van der Waals surface area contributed by atoms with E-state index < -0.39 is 30.2 Å². The first-order chi connectivity index (χ1) is 12.7. The van der Waals surface area contributed by atoms with Crippen molar-refractivity contribution >= 4 is 6.09 Å². The van der Waals surface area contributed by atoms with E-state index in [1.165, 1.54) is 19.1 Å². The molecule has 5 nitrogen and oxygen atoms in total. The number of benzene rings is 2. The van der Waals surface area contributed by atoms with Crippen LogP contribution in [0, 0.1) is 0 Å². The lowest BCUT2D eigenvalue weighted by Gasteiger charge is -2.36. The molecule has 7 heteroatoms. The van der Waals surface area contributed by atoms with Gasteiger partial charge in [-0.15, -0.1) is 0 Å². The normalized spacial score (nSPS) is 15.0. The Hall–Kier alpha value is -2.51. The predicted octanol–water partition coefficient (Wildman–Crippen LogP) is 3.86. The number of carboxylic acid groups (broad SMARTS) is 1. The number of carbonyl (C=O) groups is 1. The van der Waals surface area contributed by atoms with Gasteiger partial charge in [-0.2, -0.15) is 0 Å². The molecule has 0 aliphatic heterocycles. The molecule has 1 amide bonds. The fourth-order valence-corrected chi connectivity index (χ4v) is 2.89. The van der Waals surface area contributed by atoms with Gasteiger partial charge in [0, 0.05) is 6.92 Å². The number of hydrazine groups is 1. The molecule has 3 unspecified atom stereocenters. The molecule has 146 valence electrons. The average molecular weight is 378 g/mol. The van der Waals surface area contributed by atoms with Crippen molar-refractivity contribution in [1.29, 1.82) is 0 Å². The van der Waals surface area contributed by atoms with Crippen molar-refractivity contribution in [2.24, 2.45) is 0 Å². The molecule has 0 radical (unpaired) electrons. The second kappa shape index (κ2) is 8.92. The molecule has 2 rings (SSSR count). The second-order valence-electron chi connectivity index (χ2n) is 6.58. The molecular weight excluding hydrogens is 354 g/mol. The Bertz CT molecular complexity index is 721. The Kier molecular flexibility index (Phi) is 6.87. The van der Waals surface area contributed by atoms with Crippen LogP contribution in [0.4, 0.5) is 13.6 Å². The Morgan fingerprint density at radius 1 is 1.11 bits per heavy atom. The van der Waals surface area contributed by atoms with Crippen LogP contribution in [0.15, 0.2) is 60.7 Å². The highest BCUT2D eigenvalue weighted by atomic mass is 19.3. The van der Waals surface area contributed by atoms with Crippen LogP contribution >= 0.6 is 0 Å². The largest absolute Gasteiger partial charge is 0.464 e. The number of hydrogen-bond donors (Lipinski definition) is 3. The highest BCUT2D eigenvalue weighted by Crippen LogP contribution is 2.31. The first-order valence-electron chi connectivity index (χ1n) is 8.63. The van der Waals surface area contributed by atoms with Gasteiger partial charge >= 0.3 is 6.09 Å². The summed E-state index contributed by atoms with van der Waals surface area (Å²) in [6.07, 6.45) is -2.34.